The number of nitrogens with two attached hydrogens (primary N) is 1. The van der Waals surface area contributed by atoms with Crippen LogP contribution in [0.15, 0.2) is 0 Å². The highest BCUT2D eigenvalue weighted by molar-refractivity contribution is 4.93. The van der Waals surface area contributed by atoms with Crippen molar-refractivity contribution in [3.05, 3.63) is 0 Å². The lowest BCUT2D eigenvalue weighted by Gasteiger charge is -2.44. The molecule has 0 amide bonds. The van der Waals surface area contributed by atoms with Crippen molar-refractivity contribution in [3.63, 3.8) is 0 Å². The zero-order chi connectivity index (χ0) is 13.6. The molecule has 0 spiro atoms. The molecule has 3 heteroatoms. The van der Waals surface area contributed by atoms with Crippen molar-refractivity contribution in [2.24, 2.45) is 23.0 Å². The Morgan fingerprint density at radius 1 is 1.39 bits per heavy atom. The van der Waals surface area contributed by atoms with Crippen LogP contribution in [0.2, 0.25) is 0 Å². The highest BCUT2D eigenvalue weighted by Crippen LogP contribution is 2.44. The molecule has 2 atom stereocenters. The SMILES string of the molecule is CCCC1CCC(CN)(C(O)C(C)COC)CC1. The maximum absolute atomic E-state index is 10.6. The molecular formula is C15H31NO2. The van der Waals surface area contributed by atoms with Crippen molar-refractivity contribution < 1.29 is 9.84 Å². The van der Waals surface area contributed by atoms with Gasteiger partial charge in [0.2, 0.25) is 0 Å². The number of aliphatic hydroxyl groups is 1. The van der Waals surface area contributed by atoms with Gasteiger partial charge in [-0.3, -0.25) is 0 Å². The lowest BCUT2D eigenvalue weighted by atomic mass is 9.64. The molecule has 1 fully saturated rings. The molecule has 0 radical (unpaired) electrons. The fourth-order valence-corrected chi connectivity index (χ4v) is 3.53. The molecule has 1 aliphatic carbocycles. The normalized spacial score (nSPS) is 32.2. The van der Waals surface area contributed by atoms with Gasteiger partial charge in [-0.15, -0.1) is 0 Å². The first-order chi connectivity index (χ1) is 8.59. The summed E-state index contributed by atoms with van der Waals surface area (Å²) in [4.78, 5) is 0. The molecule has 0 aromatic rings. The van der Waals surface area contributed by atoms with Crippen molar-refractivity contribution in [1.29, 1.82) is 0 Å². The minimum absolute atomic E-state index is 0.0673. The predicted molar refractivity (Wildman–Crippen MR) is 75.4 cm³/mol. The Labute approximate surface area is 112 Å². The number of aliphatic hydroxyl groups excluding tert-OH is 1. The molecule has 1 aliphatic rings. The van der Waals surface area contributed by atoms with Gasteiger partial charge in [0.05, 0.1) is 12.7 Å². The fourth-order valence-electron chi connectivity index (χ4n) is 3.53. The average molecular weight is 257 g/mol. The van der Waals surface area contributed by atoms with E-state index in [4.69, 9.17) is 10.5 Å². The smallest absolute Gasteiger partial charge is 0.0655 e. The third-order valence-electron chi connectivity index (χ3n) is 4.80. The van der Waals surface area contributed by atoms with Crippen molar-refractivity contribution in [2.75, 3.05) is 20.3 Å². The van der Waals surface area contributed by atoms with Crippen molar-refractivity contribution >= 4 is 0 Å². The molecule has 18 heavy (non-hydrogen) atoms. The van der Waals surface area contributed by atoms with Gasteiger partial charge in [0.15, 0.2) is 0 Å². The first-order valence-electron chi connectivity index (χ1n) is 7.46. The van der Waals surface area contributed by atoms with E-state index in [0.29, 0.717) is 13.2 Å². The average Bonchev–Trinajstić information content (AvgIpc) is 2.40. The summed E-state index contributed by atoms with van der Waals surface area (Å²) in [5.74, 6) is 1.01. The Kier molecular flexibility index (Phi) is 6.61. The fraction of sp³-hybridized carbons (Fsp3) is 1.00. The molecule has 108 valence electrons. The molecule has 0 aliphatic heterocycles. The molecule has 0 aromatic heterocycles. The second-order valence-electron chi connectivity index (χ2n) is 6.18. The number of methoxy groups -OCH3 is 1. The van der Waals surface area contributed by atoms with Crippen molar-refractivity contribution in [2.45, 2.75) is 58.5 Å². The first-order valence-corrected chi connectivity index (χ1v) is 7.46. The minimum Gasteiger partial charge on any atom is -0.392 e. The molecule has 0 saturated heterocycles. The van der Waals surface area contributed by atoms with E-state index < -0.39 is 0 Å². The van der Waals surface area contributed by atoms with Crippen molar-refractivity contribution in [3.8, 4) is 0 Å². The number of ether oxygens (including phenoxy) is 1. The summed E-state index contributed by atoms with van der Waals surface area (Å²) in [5, 5.41) is 10.6. The highest BCUT2D eigenvalue weighted by atomic mass is 16.5. The van der Waals surface area contributed by atoms with Crippen LogP contribution in [0.3, 0.4) is 0 Å². The van der Waals surface area contributed by atoms with E-state index in [1.54, 1.807) is 7.11 Å². The second kappa shape index (κ2) is 7.46. The van der Waals surface area contributed by atoms with Crippen LogP contribution >= 0.6 is 0 Å². The van der Waals surface area contributed by atoms with Crippen LogP contribution in [0, 0.1) is 17.3 Å². The summed E-state index contributed by atoms with van der Waals surface area (Å²) >= 11 is 0. The first kappa shape index (κ1) is 15.9. The summed E-state index contributed by atoms with van der Waals surface area (Å²) in [7, 11) is 1.69. The van der Waals surface area contributed by atoms with Gasteiger partial charge in [-0.2, -0.15) is 0 Å². The maximum Gasteiger partial charge on any atom is 0.0655 e. The van der Waals surface area contributed by atoms with Gasteiger partial charge in [0, 0.05) is 25.0 Å². The quantitative estimate of drug-likeness (QED) is 0.737. The summed E-state index contributed by atoms with van der Waals surface area (Å²) < 4.78 is 5.16. The minimum atomic E-state index is -0.329. The van der Waals surface area contributed by atoms with Gasteiger partial charge >= 0.3 is 0 Å². The Hall–Kier alpha value is -0.120. The molecule has 1 saturated carbocycles. The molecule has 3 N–H and O–H groups in total. The van der Waals surface area contributed by atoms with Gasteiger partial charge < -0.3 is 15.6 Å². The van der Waals surface area contributed by atoms with Crippen LogP contribution in [-0.4, -0.2) is 31.5 Å². The van der Waals surface area contributed by atoms with Crippen LogP contribution in [0.5, 0.6) is 0 Å². The van der Waals surface area contributed by atoms with E-state index in [-0.39, 0.29) is 17.4 Å². The molecule has 0 aromatic carbocycles. The molecule has 1 rings (SSSR count). The van der Waals surface area contributed by atoms with Crippen LogP contribution in [-0.2, 0) is 4.74 Å². The summed E-state index contributed by atoms with van der Waals surface area (Å²) in [6.07, 6.45) is 6.86. The summed E-state index contributed by atoms with van der Waals surface area (Å²) in [6.45, 7) is 5.52. The maximum atomic E-state index is 10.6. The van der Waals surface area contributed by atoms with Gasteiger partial charge in [-0.25, -0.2) is 0 Å². The predicted octanol–water partition coefficient (Wildman–Crippen LogP) is 2.57. The highest BCUT2D eigenvalue weighted by Gasteiger charge is 2.42. The lowest BCUT2D eigenvalue weighted by molar-refractivity contribution is -0.0575. The zero-order valence-electron chi connectivity index (χ0n) is 12.3. The Morgan fingerprint density at radius 3 is 2.44 bits per heavy atom. The van der Waals surface area contributed by atoms with E-state index >= 15 is 0 Å². The van der Waals surface area contributed by atoms with E-state index in [1.165, 1.54) is 25.7 Å². The van der Waals surface area contributed by atoms with Crippen LogP contribution in [0.25, 0.3) is 0 Å². The van der Waals surface area contributed by atoms with E-state index in [1.807, 2.05) is 0 Å². The summed E-state index contributed by atoms with van der Waals surface area (Å²) in [6, 6.07) is 0. The number of hydrogen-bond donors (Lipinski definition) is 2. The Balaban J connectivity index is 2.59. The second-order valence-corrected chi connectivity index (χ2v) is 6.18. The van der Waals surface area contributed by atoms with Crippen LogP contribution in [0.1, 0.15) is 52.4 Å². The topological polar surface area (TPSA) is 55.5 Å². The van der Waals surface area contributed by atoms with Gasteiger partial charge in [0.25, 0.3) is 0 Å². The molecule has 0 bridgehead atoms. The van der Waals surface area contributed by atoms with Gasteiger partial charge in [-0.05, 0) is 31.6 Å². The van der Waals surface area contributed by atoms with Crippen molar-refractivity contribution in [1.82, 2.24) is 0 Å². The zero-order valence-corrected chi connectivity index (χ0v) is 12.3. The Bertz CT molecular complexity index is 225. The number of rotatable bonds is 7. The van der Waals surface area contributed by atoms with Gasteiger partial charge in [0.1, 0.15) is 0 Å². The number of hydrogen-bond acceptors (Lipinski definition) is 3. The van der Waals surface area contributed by atoms with E-state index in [9.17, 15) is 5.11 Å². The third kappa shape index (κ3) is 3.69. The Morgan fingerprint density at radius 2 is 2.00 bits per heavy atom. The van der Waals surface area contributed by atoms with Crippen LogP contribution < -0.4 is 5.73 Å². The monoisotopic (exact) mass is 257 g/mol. The van der Waals surface area contributed by atoms with E-state index in [0.717, 1.165) is 18.8 Å². The third-order valence-corrected chi connectivity index (χ3v) is 4.80. The van der Waals surface area contributed by atoms with E-state index in [2.05, 4.69) is 13.8 Å². The lowest BCUT2D eigenvalue weighted by Crippen LogP contribution is -2.48. The molecule has 3 nitrogen and oxygen atoms in total. The summed E-state index contributed by atoms with van der Waals surface area (Å²) in [5.41, 5.74) is 5.92. The molecule has 0 heterocycles. The largest absolute Gasteiger partial charge is 0.392 e. The standard InChI is InChI=1S/C15H31NO2/c1-4-5-13-6-8-15(11-16,9-7-13)14(17)12(2)10-18-3/h12-14,17H,4-11,16H2,1-3H3. The molecular weight excluding hydrogens is 226 g/mol. The van der Waals surface area contributed by atoms with Gasteiger partial charge in [-0.1, -0.05) is 26.7 Å². The van der Waals surface area contributed by atoms with Crippen LogP contribution in [0.4, 0.5) is 0 Å². The molecule has 2 unspecified atom stereocenters.